The first-order valence-corrected chi connectivity index (χ1v) is 8.43. The molecule has 6 heteroatoms. The lowest BCUT2D eigenvalue weighted by molar-refractivity contribution is -0.124. The smallest absolute Gasteiger partial charge is 0.252 e. The van der Waals surface area contributed by atoms with Crippen molar-refractivity contribution < 1.29 is 9.18 Å². The summed E-state index contributed by atoms with van der Waals surface area (Å²) >= 11 is 0. The zero-order valence-electron chi connectivity index (χ0n) is 14.0. The average molecular weight is 351 g/mol. The summed E-state index contributed by atoms with van der Waals surface area (Å²) in [5, 5.41) is 0.744. The molecule has 0 aliphatic carbocycles. The fourth-order valence-corrected chi connectivity index (χ4v) is 3.58. The second-order valence-electron chi connectivity index (χ2n) is 6.65. The molecular formula is C20H18FN3O2. The number of rotatable bonds is 3. The van der Waals surface area contributed by atoms with Crippen molar-refractivity contribution in [3.8, 4) is 0 Å². The lowest BCUT2D eigenvalue weighted by Crippen LogP contribution is -2.48. The fraction of sp³-hybridized carbons (Fsp3) is 0.200. The number of H-pyrrole nitrogens is 1. The highest BCUT2D eigenvalue weighted by Gasteiger charge is 2.30. The largest absolute Gasteiger partial charge is 0.368 e. The summed E-state index contributed by atoms with van der Waals surface area (Å²) in [4.78, 5) is 29.0. The number of nitrogens with one attached hydrogen (secondary N) is 1. The Hall–Kier alpha value is -2.99. The van der Waals surface area contributed by atoms with Gasteiger partial charge in [-0.05, 0) is 47.2 Å². The van der Waals surface area contributed by atoms with Crippen molar-refractivity contribution in [2.75, 3.05) is 0 Å². The molecule has 3 aromatic rings. The number of fused-ring (bicyclic) bond motifs is 2. The number of hydrogen-bond acceptors (Lipinski definition) is 3. The molecule has 4 rings (SSSR count). The second-order valence-corrected chi connectivity index (χ2v) is 6.65. The van der Waals surface area contributed by atoms with Gasteiger partial charge in [-0.25, -0.2) is 4.39 Å². The number of nitrogens with two attached hydrogens (primary N) is 1. The minimum atomic E-state index is -0.465. The van der Waals surface area contributed by atoms with E-state index in [-0.39, 0.29) is 5.56 Å². The molecule has 0 unspecified atom stereocenters. The summed E-state index contributed by atoms with van der Waals surface area (Å²) in [7, 11) is 0. The first kappa shape index (κ1) is 16.5. The van der Waals surface area contributed by atoms with Crippen LogP contribution in [0.25, 0.3) is 10.9 Å². The van der Waals surface area contributed by atoms with E-state index in [1.165, 1.54) is 12.1 Å². The highest BCUT2D eigenvalue weighted by atomic mass is 19.1. The summed E-state index contributed by atoms with van der Waals surface area (Å²) in [6, 6.07) is 13.5. The Morgan fingerprint density at radius 2 is 1.96 bits per heavy atom. The molecule has 132 valence electrons. The van der Waals surface area contributed by atoms with E-state index < -0.39 is 17.8 Å². The van der Waals surface area contributed by atoms with E-state index >= 15 is 0 Å². The summed E-state index contributed by atoms with van der Waals surface area (Å²) in [6.45, 7) is 0.843. The van der Waals surface area contributed by atoms with Gasteiger partial charge in [0.2, 0.25) is 5.91 Å². The second kappa shape index (κ2) is 6.38. The van der Waals surface area contributed by atoms with Crippen molar-refractivity contribution >= 4 is 16.8 Å². The summed E-state index contributed by atoms with van der Waals surface area (Å²) in [6.07, 6.45) is 0.530. The number of pyridine rings is 1. The van der Waals surface area contributed by atoms with Crippen molar-refractivity contribution in [2.24, 2.45) is 5.73 Å². The molecule has 0 radical (unpaired) electrons. The zero-order chi connectivity index (χ0) is 18.3. The van der Waals surface area contributed by atoms with E-state index in [4.69, 9.17) is 5.73 Å². The number of amides is 1. The monoisotopic (exact) mass is 351 g/mol. The van der Waals surface area contributed by atoms with Crippen LogP contribution in [0.2, 0.25) is 0 Å². The van der Waals surface area contributed by atoms with Crippen molar-refractivity contribution in [1.29, 1.82) is 0 Å². The normalized spacial score (nSPS) is 17.2. The molecule has 3 N–H and O–H groups in total. The van der Waals surface area contributed by atoms with Crippen molar-refractivity contribution in [3.05, 3.63) is 81.4 Å². The number of halogens is 1. The molecule has 1 aliphatic rings. The lowest BCUT2D eigenvalue weighted by atomic mass is 9.93. The Morgan fingerprint density at radius 3 is 2.73 bits per heavy atom. The molecule has 1 aliphatic heterocycles. The Balaban J connectivity index is 1.70. The van der Waals surface area contributed by atoms with E-state index in [1.807, 2.05) is 29.2 Å². The molecule has 1 aromatic heterocycles. The Morgan fingerprint density at radius 1 is 1.19 bits per heavy atom. The minimum Gasteiger partial charge on any atom is -0.368 e. The molecular weight excluding hydrogens is 333 g/mol. The molecule has 0 saturated heterocycles. The number of benzene rings is 2. The van der Waals surface area contributed by atoms with Gasteiger partial charge < -0.3 is 10.7 Å². The van der Waals surface area contributed by atoms with Gasteiger partial charge >= 0.3 is 0 Å². The Labute approximate surface area is 149 Å². The van der Waals surface area contributed by atoms with Crippen LogP contribution in [0.3, 0.4) is 0 Å². The Bertz CT molecular complexity index is 1060. The SMILES string of the molecule is NC(=O)[C@@H]1Cc2ccccc2CN1Cc1cc2ccc(F)cc2[nH]c1=O. The number of carbonyl (C=O) groups excluding carboxylic acids is 1. The van der Waals surface area contributed by atoms with Crippen LogP contribution in [0.15, 0.2) is 53.3 Å². The standard InChI is InChI=1S/C20H18FN3O2/c21-16-6-5-13-7-15(20(26)23-17(13)9-16)11-24-10-14-4-2-1-3-12(14)8-18(24)19(22)25/h1-7,9,18H,8,10-11H2,(H2,22,25)(H,23,26)/t18-/m0/s1. The van der Waals surface area contributed by atoms with Gasteiger partial charge in [-0.2, -0.15) is 0 Å². The number of aromatic nitrogens is 1. The van der Waals surface area contributed by atoms with Gasteiger partial charge in [-0.15, -0.1) is 0 Å². The van der Waals surface area contributed by atoms with Crippen LogP contribution in [0.5, 0.6) is 0 Å². The highest BCUT2D eigenvalue weighted by Crippen LogP contribution is 2.25. The van der Waals surface area contributed by atoms with E-state index in [0.29, 0.717) is 30.6 Å². The topological polar surface area (TPSA) is 79.2 Å². The van der Waals surface area contributed by atoms with Crippen LogP contribution >= 0.6 is 0 Å². The van der Waals surface area contributed by atoms with Gasteiger partial charge in [-0.1, -0.05) is 24.3 Å². The highest BCUT2D eigenvalue weighted by molar-refractivity contribution is 5.81. The first-order valence-electron chi connectivity index (χ1n) is 8.43. The van der Waals surface area contributed by atoms with Crippen LogP contribution in [0, 0.1) is 5.82 Å². The van der Waals surface area contributed by atoms with E-state index in [9.17, 15) is 14.0 Å². The molecule has 0 saturated carbocycles. The predicted octanol–water partition coefficient (Wildman–Crippen LogP) is 2.08. The lowest BCUT2D eigenvalue weighted by Gasteiger charge is -2.34. The summed E-state index contributed by atoms with van der Waals surface area (Å²) in [5.41, 5.74) is 8.53. The first-order chi connectivity index (χ1) is 12.5. The van der Waals surface area contributed by atoms with Crippen LogP contribution in [-0.4, -0.2) is 21.8 Å². The molecule has 26 heavy (non-hydrogen) atoms. The van der Waals surface area contributed by atoms with E-state index in [2.05, 4.69) is 4.98 Å². The van der Waals surface area contributed by atoms with Crippen LogP contribution in [-0.2, 0) is 24.3 Å². The quantitative estimate of drug-likeness (QED) is 0.758. The molecule has 0 spiro atoms. The molecule has 2 heterocycles. The fourth-order valence-electron chi connectivity index (χ4n) is 3.58. The molecule has 5 nitrogen and oxygen atoms in total. The predicted molar refractivity (Wildman–Crippen MR) is 96.9 cm³/mol. The van der Waals surface area contributed by atoms with Gasteiger partial charge in [0, 0.05) is 18.7 Å². The van der Waals surface area contributed by atoms with Crippen LogP contribution in [0.4, 0.5) is 4.39 Å². The molecule has 2 aromatic carbocycles. The van der Waals surface area contributed by atoms with Gasteiger partial charge in [0.25, 0.3) is 5.56 Å². The maximum atomic E-state index is 13.3. The molecule has 1 atom stereocenters. The summed E-state index contributed by atoms with van der Waals surface area (Å²) in [5.74, 6) is -0.805. The minimum absolute atomic E-state index is 0.287. The van der Waals surface area contributed by atoms with Gasteiger partial charge in [0.1, 0.15) is 5.82 Å². The maximum Gasteiger partial charge on any atom is 0.252 e. The molecule has 0 fully saturated rings. The maximum absolute atomic E-state index is 13.3. The van der Waals surface area contributed by atoms with Gasteiger partial charge in [0.15, 0.2) is 0 Å². The summed E-state index contributed by atoms with van der Waals surface area (Å²) < 4.78 is 13.3. The van der Waals surface area contributed by atoms with E-state index in [0.717, 1.165) is 16.5 Å². The zero-order valence-corrected chi connectivity index (χ0v) is 14.0. The van der Waals surface area contributed by atoms with Crippen LogP contribution in [0.1, 0.15) is 16.7 Å². The number of nitrogens with zero attached hydrogens (tertiary/aromatic N) is 1. The van der Waals surface area contributed by atoms with Gasteiger partial charge in [-0.3, -0.25) is 14.5 Å². The Kier molecular flexibility index (Phi) is 4.05. The van der Waals surface area contributed by atoms with Gasteiger partial charge in [0.05, 0.1) is 11.6 Å². The van der Waals surface area contributed by atoms with Crippen molar-refractivity contribution in [2.45, 2.75) is 25.6 Å². The average Bonchev–Trinajstić information content (AvgIpc) is 2.61. The molecule has 1 amide bonds. The third kappa shape index (κ3) is 2.99. The number of aromatic amines is 1. The van der Waals surface area contributed by atoms with Crippen molar-refractivity contribution in [3.63, 3.8) is 0 Å². The number of hydrogen-bond donors (Lipinski definition) is 2. The number of carbonyl (C=O) groups is 1. The number of primary amides is 1. The van der Waals surface area contributed by atoms with E-state index in [1.54, 1.807) is 12.1 Å². The van der Waals surface area contributed by atoms with Crippen LogP contribution < -0.4 is 11.3 Å². The third-order valence-corrected chi connectivity index (χ3v) is 4.93. The third-order valence-electron chi connectivity index (χ3n) is 4.93. The van der Waals surface area contributed by atoms with Crippen molar-refractivity contribution in [1.82, 2.24) is 9.88 Å². The molecule has 0 bridgehead atoms.